The summed E-state index contributed by atoms with van der Waals surface area (Å²) in [7, 11) is -3.86. The van der Waals surface area contributed by atoms with E-state index in [1.807, 2.05) is 6.07 Å². The summed E-state index contributed by atoms with van der Waals surface area (Å²) in [4.78, 5) is 0. The first-order valence-corrected chi connectivity index (χ1v) is 9.21. The van der Waals surface area contributed by atoms with Gasteiger partial charge in [-0.25, -0.2) is 0 Å². The van der Waals surface area contributed by atoms with Crippen molar-refractivity contribution in [1.29, 1.82) is 0 Å². The largest absolute Gasteiger partial charge is 0.501 e. The minimum Gasteiger partial charge on any atom is -0.349 e. The summed E-state index contributed by atoms with van der Waals surface area (Å²) in [6.45, 7) is 2.23. The lowest BCUT2D eigenvalue weighted by Crippen LogP contribution is -2.07. The number of hydrogen-bond donors (Lipinski definition) is 0. The molecule has 0 bridgehead atoms. The van der Waals surface area contributed by atoms with Gasteiger partial charge in [0.25, 0.3) is 0 Å². The fourth-order valence-corrected chi connectivity index (χ4v) is 3.28. The van der Waals surface area contributed by atoms with Gasteiger partial charge in [-0.15, -0.1) is 8.42 Å². The number of fused-ring (bicyclic) bond motifs is 1. The van der Waals surface area contributed by atoms with E-state index in [9.17, 15) is 8.42 Å². The number of rotatable bonds is 9. The predicted molar refractivity (Wildman–Crippen MR) is 82.9 cm³/mol. The summed E-state index contributed by atoms with van der Waals surface area (Å²) in [5, 5.41) is 0. The van der Waals surface area contributed by atoms with Gasteiger partial charge in [-0.2, -0.15) is 0 Å². The van der Waals surface area contributed by atoms with Crippen molar-refractivity contribution in [3.8, 4) is 11.5 Å². The highest BCUT2D eigenvalue weighted by Crippen LogP contribution is 2.36. The first kappa shape index (κ1) is 16.1. The zero-order chi connectivity index (χ0) is 15.1. The normalized spacial score (nSPS) is 15.3. The second kappa shape index (κ2) is 7.69. The van der Waals surface area contributed by atoms with Crippen molar-refractivity contribution in [2.24, 2.45) is 0 Å². The fourth-order valence-electron chi connectivity index (χ4n) is 2.54. The Balaban J connectivity index is 1.66. The molecule has 0 saturated carbocycles. The molecule has 1 heterocycles. The molecule has 2 rings (SSSR count). The number of unbranched alkanes of at least 4 members (excludes halogenated alkanes) is 7. The highest BCUT2D eigenvalue weighted by Gasteiger charge is 2.28. The van der Waals surface area contributed by atoms with Crippen LogP contribution in [0.5, 0.6) is 11.5 Å². The van der Waals surface area contributed by atoms with Crippen molar-refractivity contribution in [1.82, 2.24) is 0 Å². The average molecular weight is 312 g/mol. The van der Waals surface area contributed by atoms with Crippen LogP contribution < -0.4 is 8.37 Å². The molecule has 1 aromatic rings. The molecule has 21 heavy (non-hydrogen) atoms. The zero-order valence-electron chi connectivity index (χ0n) is 12.6. The van der Waals surface area contributed by atoms with Gasteiger partial charge >= 0.3 is 10.4 Å². The van der Waals surface area contributed by atoms with Crippen molar-refractivity contribution in [3.63, 3.8) is 0 Å². The topological polar surface area (TPSA) is 52.6 Å². The third-order valence-electron chi connectivity index (χ3n) is 3.71. The summed E-state index contributed by atoms with van der Waals surface area (Å²) in [6.07, 6.45) is 11.2. The predicted octanol–water partition coefficient (Wildman–Crippen LogP) is 4.39. The fraction of sp³-hybridized carbons (Fsp3) is 0.625. The van der Waals surface area contributed by atoms with Crippen LogP contribution in [0.3, 0.4) is 0 Å². The van der Waals surface area contributed by atoms with Crippen molar-refractivity contribution >= 4 is 10.4 Å². The summed E-state index contributed by atoms with van der Waals surface area (Å²) >= 11 is 0. The van der Waals surface area contributed by atoms with E-state index in [2.05, 4.69) is 11.1 Å². The van der Waals surface area contributed by atoms with E-state index < -0.39 is 10.4 Å². The Hall–Kier alpha value is -1.23. The number of hydrogen-bond acceptors (Lipinski definition) is 4. The van der Waals surface area contributed by atoms with Gasteiger partial charge in [0, 0.05) is 0 Å². The van der Waals surface area contributed by atoms with Gasteiger partial charge < -0.3 is 8.37 Å². The summed E-state index contributed by atoms with van der Waals surface area (Å²) in [6, 6.07) is 5.34. The first-order valence-electron chi connectivity index (χ1n) is 7.87. The van der Waals surface area contributed by atoms with Crippen LogP contribution in [-0.4, -0.2) is 8.42 Å². The standard InChI is InChI=1S/C16H24O4S/c1-2-3-4-5-6-7-8-9-10-14-11-12-15-16(13-14)20-21(17,18)19-15/h11-13H,2-10H2,1H3. The molecular formula is C16H24O4S. The average Bonchev–Trinajstić information content (AvgIpc) is 2.75. The smallest absolute Gasteiger partial charge is 0.349 e. The molecule has 5 heteroatoms. The van der Waals surface area contributed by atoms with E-state index in [0.717, 1.165) is 18.4 Å². The maximum Gasteiger partial charge on any atom is 0.501 e. The molecule has 0 aromatic heterocycles. The summed E-state index contributed by atoms with van der Waals surface area (Å²) in [5.74, 6) is 0.599. The monoisotopic (exact) mass is 312 g/mol. The van der Waals surface area contributed by atoms with Crippen LogP contribution in [0.2, 0.25) is 0 Å². The Bertz CT molecular complexity index is 551. The van der Waals surface area contributed by atoms with E-state index in [0.29, 0.717) is 5.75 Å². The lowest BCUT2D eigenvalue weighted by atomic mass is 10.0. The molecule has 0 amide bonds. The molecular weight excluding hydrogens is 288 g/mol. The van der Waals surface area contributed by atoms with E-state index in [1.54, 1.807) is 12.1 Å². The lowest BCUT2D eigenvalue weighted by molar-refractivity contribution is 0.436. The van der Waals surface area contributed by atoms with Crippen LogP contribution >= 0.6 is 0 Å². The second-order valence-electron chi connectivity index (χ2n) is 5.58. The molecule has 0 spiro atoms. The van der Waals surface area contributed by atoms with Crippen LogP contribution in [0, 0.1) is 0 Å². The van der Waals surface area contributed by atoms with Gasteiger partial charge in [-0.3, -0.25) is 0 Å². The molecule has 0 saturated heterocycles. The van der Waals surface area contributed by atoms with E-state index in [4.69, 9.17) is 4.18 Å². The number of benzene rings is 1. The van der Waals surface area contributed by atoms with Crippen LogP contribution in [0.15, 0.2) is 18.2 Å². The highest BCUT2D eigenvalue weighted by atomic mass is 32.3. The van der Waals surface area contributed by atoms with E-state index >= 15 is 0 Å². The van der Waals surface area contributed by atoms with Gasteiger partial charge in [0.15, 0.2) is 11.5 Å². The summed E-state index contributed by atoms with van der Waals surface area (Å²) < 4.78 is 31.8. The van der Waals surface area contributed by atoms with Crippen molar-refractivity contribution < 1.29 is 16.8 Å². The zero-order valence-corrected chi connectivity index (χ0v) is 13.5. The van der Waals surface area contributed by atoms with Crippen molar-refractivity contribution in [3.05, 3.63) is 23.8 Å². The Kier molecular flexibility index (Phi) is 5.91. The molecule has 0 N–H and O–H groups in total. The van der Waals surface area contributed by atoms with Crippen LogP contribution in [0.1, 0.15) is 63.9 Å². The third kappa shape index (κ3) is 5.23. The molecule has 0 radical (unpaired) electrons. The van der Waals surface area contributed by atoms with Crippen LogP contribution in [0.25, 0.3) is 0 Å². The second-order valence-corrected chi connectivity index (χ2v) is 6.73. The van der Waals surface area contributed by atoms with Gasteiger partial charge in [0.1, 0.15) is 0 Å². The van der Waals surface area contributed by atoms with Gasteiger partial charge in [-0.1, -0.05) is 57.9 Å². The van der Waals surface area contributed by atoms with Gasteiger partial charge in [0.2, 0.25) is 0 Å². The van der Waals surface area contributed by atoms with E-state index in [1.165, 1.54) is 44.9 Å². The Labute approximate surface area is 127 Å². The Morgan fingerprint density at radius 3 is 2.19 bits per heavy atom. The Morgan fingerprint density at radius 1 is 0.857 bits per heavy atom. The van der Waals surface area contributed by atoms with Crippen LogP contribution in [-0.2, 0) is 16.8 Å². The van der Waals surface area contributed by atoms with Crippen molar-refractivity contribution in [2.75, 3.05) is 0 Å². The quantitative estimate of drug-likeness (QED) is 0.635. The maximum absolute atomic E-state index is 11.2. The highest BCUT2D eigenvalue weighted by molar-refractivity contribution is 7.82. The molecule has 0 atom stereocenters. The number of aryl methyl sites for hydroxylation is 1. The van der Waals surface area contributed by atoms with E-state index in [-0.39, 0.29) is 5.75 Å². The molecule has 0 unspecified atom stereocenters. The van der Waals surface area contributed by atoms with Crippen molar-refractivity contribution in [2.45, 2.75) is 64.7 Å². The minimum absolute atomic E-state index is 0.287. The molecule has 0 aliphatic carbocycles. The lowest BCUT2D eigenvalue weighted by Gasteiger charge is -2.03. The molecule has 1 aliphatic rings. The molecule has 0 fully saturated rings. The molecule has 1 aromatic carbocycles. The SMILES string of the molecule is CCCCCCCCCCc1ccc2c(c1)OS(=O)(=O)O2. The van der Waals surface area contributed by atoms with Gasteiger partial charge in [-0.05, 0) is 30.5 Å². The molecule has 4 nitrogen and oxygen atoms in total. The summed E-state index contributed by atoms with van der Waals surface area (Å²) in [5.41, 5.74) is 1.10. The molecule has 118 valence electrons. The third-order valence-corrected chi connectivity index (χ3v) is 4.48. The van der Waals surface area contributed by atoms with Gasteiger partial charge in [0.05, 0.1) is 0 Å². The minimum atomic E-state index is -3.86. The van der Waals surface area contributed by atoms with Crippen LogP contribution in [0.4, 0.5) is 0 Å². The first-order chi connectivity index (χ1) is 10.1. The molecule has 1 aliphatic heterocycles. The maximum atomic E-state index is 11.2. The Morgan fingerprint density at radius 2 is 1.48 bits per heavy atom.